The summed E-state index contributed by atoms with van der Waals surface area (Å²) >= 11 is 0. The van der Waals surface area contributed by atoms with Crippen molar-refractivity contribution in [3.05, 3.63) is 47.6 Å². The molecule has 4 heteroatoms. The van der Waals surface area contributed by atoms with Crippen LogP contribution in [0, 0.1) is 0 Å². The Kier molecular flexibility index (Phi) is 3.66. The van der Waals surface area contributed by atoms with Gasteiger partial charge in [0.25, 0.3) is 0 Å². The number of benzene rings is 1. The first-order valence-corrected chi connectivity index (χ1v) is 5.44. The van der Waals surface area contributed by atoms with Crippen LogP contribution in [0.2, 0.25) is 0 Å². The number of nitrogens with one attached hydrogen (secondary N) is 1. The Morgan fingerprint density at radius 1 is 1.25 bits per heavy atom. The van der Waals surface area contributed by atoms with Crippen molar-refractivity contribution in [3.63, 3.8) is 0 Å². The molecule has 0 radical (unpaired) electrons. The van der Waals surface area contributed by atoms with Crippen molar-refractivity contribution in [1.29, 1.82) is 0 Å². The van der Waals surface area contributed by atoms with Crippen LogP contribution in [0.4, 0.5) is 0 Å². The molecule has 1 aromatic carbocycles. The van der Waals surface area contributed by atoms with E-state index in [2.05, 4.69) is 27.6 Å². The molecule has 0 spiro atoms. The second-order valence-electron chi connectivity index (χ2n) is 3.55. The van der Waals surface area contributed by atoms with Crippen LogP contribution in [0.25, 0.3) is 0 Å². The minimum absolute atomic E-state index is 0.637. The molecule has 16 heavy (non-hydrogen) atoms. The highest BCUT2D eigenvalue weighted by Gasteiger charge is 2.05. The van der Waals surface area contributed by atoms with Crippen LogP contribution >= 0.6 is 0 Å². The monoisotopic (exact) mass is 217 g/mol. The van der Waals surface area contributed by atoms with E-state index in [4.69, 9.17) is 4.52 Å². The van der Waals surface area contributed by atoms with Crippen molar-refractivity contribution in [3.8, 4) is 0 Å². The predicted molar refractivity (Wildman–Crippen MR) is 60.9 cm³/mol. The highest BCUT2D eigenvalue weighted by molar-refractivity contribution is 5.18. The van der Waals surface area contributed by atoms with Crippen LogP contribution in [-0.4, -0.2) is 16.7 Å². The van der Waals surface area contributed by atoms with Crippen LogP contribution in [0.1, 0.15) is 24.2 Å². The van der Waals surface area contributed by atoms with Gasteiger partial charge in [0.05, 0.1) is 6.54 Å². The van der Waals surface area contributed by atoms with Crippen LogP contribution in [-0.2, 0) is 13.0 Å². The van der Waals surface area contributed by atoms with Gasteiger partial charge in [-0.05, 0) is 12.1 Å². The molecule has 84 valence electrons. The van der Waals surface area contributed by atoms with E-state index in [-0.39, 0.29) is 0 Å². The molecule has 0 aliphatic heterocycles. The fraction of sp³-hybridized carbons (Fsp3) is 0.333. The van der Waals surface area contributed by atoms with Gasteiger partial charge in [-0.3, -0.25) is 0 Å². The van der Waals surface area contributed by atoms with Gasteiger partial charge in [-0.2, -0.15) is 4.98 Å². The number of rotatable bonds is 5. The molecule has 1 N–H and O–H groups in total. The maximum absolute atomic E-state index is 5.12. The van der Waals surface area contributed by atoms with Gasteiger partial charge in [-0.25, -0.2) is 0 Å². The standard InChI is InChI=1S/C12H15N3O/c1-2-13-9-12-14-11(15-16-12)8-10-6-4-3-5-7-10/h3-7,13H,2,8-9H2,1H3. The van der Waals surface area contributed by atoms with Crippen molar-refractivity contribution >= 4 is 0 Å². The number of hydrogen-bond acceptors (Lipinski definition) is 4. The first-order chi connectivity index (χ1) is 7.88. The SMILES string of the molecule is CCNCc1nc(Cc2ccccc2)no1. The molecule has 2 aromatic rings. The Morgan fingerprint density at radius 3 is 2.81 bits per heavy atom. The molecule has 0 saturated heterocycles. The molecule has 0 bridgehead atoms. The van der Waals surface area contributed by atoms with E-state index in [0.717, 1.165) is 18.8 Å². The summed E-state index contributed by atoms with van der Waals surface area (Å²) in [5.74, 6) is 1.38. The van der Waals surface area contributed by atoms with Crippen molar-refractivity contribution in [2.24, 2.45) is 0 Å². The molecule has 0 fully saturated rings. The summed E-state index contributed by atoms with van der Waals surface area (Å²) in [4.78, 5) is 4.30. The predicted octanol–water partition coefficient (Wildman–Crippen LogP) is 1.77. The highest BCUT2D eigenvalue weighted by Crippen LogP contribution is 2.06. The topological polar surface area (TPSA) is 51.0 Å². The third kappa shape index (κ3) is 2.90. The van der Waals surface area contributed by atoms with Crippen molar-refractivity contribution < 1.29 is 4.52 Å². The van der Waals surface area contributed by atoms with Crippen LogP contribution in [0.5, 0.6) is 0 Å². The third-order valence-electron chi connectivity index (χ3n) is 2.24. The molecule has 0 atom stereocenters. The molecular formula is C12H15N3O. The van der Waals surface area contributed by atoms with Gasteiger partial charge in [0.2, 0.25) is 5.89 Å². The highest BCUT2D eigenvalue weighted by atomic mass is 16.5. The number of nitrogens with zero attached hydrogens (tertiary/aromatic N) is 2. The van der Waals surface area contributed by atoms with E-state index in [1.807, 2.05) is 25.1 Å². The van der Waals surface area contributed by atoms with Crippen molar-refractivity contribution in [2.75, 3.05) is 6.54 Å². The van der Waals surface area contributed by atoms with Crippen LogP contribution < -0.4 is 5.32 Å². The first kappa shape index (κ1) is 10.8. The Bertz CT molecular complexity index is 425. The molecule has 0 unspecified atom stereocenters. The van der Waals surface area contributed by atoms with Gasteiger partial charge in [0.1, 0.15) is 0 Å². The maximum Gasteiger partial charge on any atom is 0.240 e. The maximum atomic E-state index is 5.12. The van der Waals surface area contributed by atoms with E-state index in [1.54, 1.807) is 0 Å². The summed E-state index contributed by atoms with van der Waals surface area (Å²) in [6.07, 6.45) is 0.719. The Balaban J connectivity index is 1.97. The minimum Gasteiger partial charge on any atom is -0.338 e. The summed E-state index contributed by atoms with van der Waals surface area (Å²) < 4.78 is 5.12. The van der Waals surface area contributed by atoms with Crippen LogP contribution in [0.3, 0.4) is 0 Å². The molecule has 0 aliphatic carbocycles. The fourth-order valence-electron chi connectivity index (χ4n) is 1.44. The molecular weight excluding hydrogens is 202 g/mol. The van der Waals surface area contributed by atoms with E-state index in [0.29, 0.717) is 12.4 Å². The Labute approximate surface area is 94.7 Å². The smallest absolute Gasteiger partial charge is 0.240 e. The molecule has 0 saturated carbocycles. The first-order valence-electron chi connectivity index (χ1n) is 5.44. The summed E-state index contributed by atoms with van der Waals surface area (Å²) in [6, 6.07) is 10.1. The molecule has 0 amide bonds. The zero-order valence-corrected chi connectivity index (χ0v) is 9.31. The van der Waals surface area contributed by atoms with Crippen LogP contribution in [0.15, 0.2) is 34.9 Å². The largest absolute Gasteiger partial charge is 0.338 e. The molecule has 0 aliphatic rings. The van der Waals surface area contributed by atoms with E-state index in [1.165, 1.54) is 5.56 Å². The van der Waals surface area contributed by atoms with E-state index < -0.39 is 0 Å². The lowest BCUT2D eigenvalue weighted by Gasteiger charge is -1.94. The van der Waals surface area contributed by atoms with Gasteiger partial charge in [-0.15, -0.1) is 0 Å². The van der Waals surface area contributed by atoms with Gasteiger partial charge >= 0.3 is 0 Å². The number of hydrogen-bond donors (Lipinski definition) is 1. The van der Waals surface area contributed by atoms with Gasteiger partial charge in [0.15, 0.2) is 5.82 Å². The van der Waals surface area contributed by atoms with E-state index >= 15 is 0 Å². The number of aromatic nitrogens is 2. The summed E-state index contributed by atoms with van der Waals surface area (Å²) in [5.41, 5.74) is 1.19. The lowest BCUT2D eigenvalue weighted by molar-refractivity contribution is 0.365. The Morgan fingerprint density at radius 2 is 2.06 bits per heavy atom. The third-order valence-corrected chi connectivity index (χ3v) is 2.24. The van der Waals surface area contributed by atoms with Crippen molar-refractivity contribution in [1.82, 2.24) is 15.5 Å². The van der Waals surface area contributed by atoms with Crippen molar-refractivity contribution in [2.45, 2.75) is 19.9 Å². The van der Waals surface area contributed by atoms with Gasteiger partial charge < -0.3 is 9.84 Å². The quantitative estimate of drug-likeness (QED) is 0.829. The average molecular weight is 217 g/mol. The van der Waals surface area contributed by atoms with E-state index in [9.17, 15) is 0 Å². The Hall–Kier alpha value is -1.68. The lowest BCUT2D eigenvalue weighted by atomic mass is 10.1. The summed E-state index contributed by atoms with van der Waals surface area (Å²) in [5, 5.41) is 7.08. The minimum atomic E-state index is 0.637. The van der Waals surface area contributed by atoms with Gasteiger partial charge in [0, 0.05) is 6.42 Å². The normalized spacial score (nSPS) is 10.6. The second-order valence-corrected chi connectivity index (χ2v) is 3.55. The zero-order valence-electron chi connectivity index (χ0n) is 9.31. The average Bonchev–Trinajstić information content (AvgIpc) is 2.75. The molecule has 1 heterocycles. The van der Waals surface area contributed by atoms with Gasteiger partial charge in [-0.1, -0.05) is 42.4 Å². The lowest BCUT2D eigenvalue weighted by Crippen LogP contribution is -2.11. The second kappa shape index (κ2) is 5.42. The zero-order chi connectivity index (χ0) is 11.2. The summed E-state index contributed by atoms with van der Waals surface area (Å²) in [7, 11) is 0. The molecule has 4 nitrogen and oxygen atoms in total. The summed E-state index contributed by atoms with van der Waals surface area (Å²) in [6.45, 7) is 3.58. The fourth-order valence-corrected chi connectivity index (χ4v) is 1.44. The molecule has 2 rings (SSSR count). The molecule has 1 aromatic heterocycles.